The number of amides is 1. The van der Waals surface area contributed by atoms with Gasteiger partial charge in [-0.3, -0.25) is 9.35 Å². The fourth-order valence-electron chi connectivity index (χ4n) is 8.99. The SMILES string of the molecule is CCCCCCCCCCCCCCCCCCCCCCC(O)C(COC1OC(CO)C(O)C(OS(=O)(=O)O)C1O)NC(=O)CCCCCCCCCCCCCCCCCCC. The van der Waals surface area contributed by atoms with Crippen LogP contribution in [-0.2, 0) is 28.9 Å². The monoisotopic (exact) mass is 936 g/mol. The molecule has 0 aliphatic carbocycles. The first-order valence-corrected chi connectivity index (χ1v) is 28.3. The Kier molecular flexibility index (Phi) is 40.3. The topological polar surface area (TPSA) is 192 Å². The predicted molar refractivity (Wildman–Crippen MR) is 259 cm³/mol. The third kappa shape index (κ3) is 34.4. The smallest absolute Gasteiger partial charge is 0.394 e. The third-order valence-electron chi connectivity index (χ3n) is 13.2. The van der Waals surface area contributed by atoms with E-state index in [0.717, 1.165) is 51.4 Å². The molecular weight excluding hydrogens is 835 g/mol. The van der Waals surface area contributed by atoms with E-state index >= 15 is 0 Å². The highest BCUT2D eigenvalue weighted by Gasteiger charge is 2.48. The molecule has 1 aliphatic rings. The van der Waals surface area contributed by atoms with Gasteiger partial charge >= 0.3 is 10.4 Å². The molecule has 1 amide bonds. The van der Waals surface area contributed by atoms with Gasteiger partial charge in [-0.1, -0.05) is 245 Å². The number of hydrogen-bond acceptors (Lipinski definition) is 10. The van der Waals surface area contributed by atoms with Crippen molar-refractivity contribution in [2.24, 2.45) is 0 Å². The lowest BCUT2D eigenvalue weighted by Crippen LogP contribution is -2.61. The predicted octanol–water partition coefficient (Wildman–Crippen LogP) is 11.7. The number of aliphatic hydroxyl groups is 4. The van der Waals surface area contributed by atoms with Gasteiger partial charge in [-0.15, -0.1) is 0 Å². The molecule has 7 unspecified atom stereocenters. The highest BCUT2D eigenvalue weighted by molar-refractivity contribution is 7.80. The Morgan fingerprint density at radius 2 is 0.906 bits per heavy atom. The summed E-state index contributed by atoms with van der Waals surface area (Å²) < 4.78 is 47.8. The number of unbranched alkanes of at least 4 members (excludes halogenated alkanes) is 35. The van der Waals surface area contributed by atoms with Crippen LogP contribution in [0.2, 0.25) is 0 Å². The molecule has 1 heterocycles. The summed E-state index contributed by atoms with van der Waals surface area (Å²) in [6.45, 7) is 3.49. The Morgan fingerprint density at radius 1 is 0.562 bits per heavy atom. The van der Waals surface area contributed by atoms with Gasteiger partial charge in [0.1, 0.15) is 24.4 Å². The molecule has 12 nitrogen and oxygen atoms in total. The fraction of sp³-hybridized carbons (Fsp3) is 0.980. The fourth-order valence-corrected chi connectivity index (χ4v) is 9.50. The van der Waals surface area contributed by atoms with Crippen molar-refractivity contribution in [3.63, 3.8) is 0 Å². The van der Waals surface area contributed by atoms with Crippen molar-refractivity contribution in [1.82, 2.24) is 5.32 Å². The number of nitrogens with one attached hydrogen (secondary N) is 1. The Balaban J connectivity index is 2.39. The Labute approximate surface area is 392 Å². The second-order valence-electron chi connectivity index (χ2n) is 19.2. The van der Waals surface area contributed by atoms with Gasteiger partial charge in [-0.2, -0.15) is 8.42 Å². The maximum Gasteiger partial charge on any atom is 0.397 e. The zero-order chi connectivity index (χ0) is 46.9. The molecule has 1 rings (SSSR count). The lowest BCUT2D eigenvalue weighted by Gasteiger charge is -2.41. The first kappa shape index (κ1) is 61.1. The first-order valence-electron chi connectivity index (χ1n) is 26.9. The van der Waals surface area contributed by atoms with Crippen LogP contribution in [0.15, 0.2) is 0 Å². The van der Waals surface area contributed by atoms with Crippen molar-refractivity contribution in [1.29, 1.82) is 0 Å². The van der Waals surface area contributed by atoms with Crippen LogP contribution in [0, 0.1) is 0 Å². The average molecular weight is 936 g/mol. The number of carbonyl (C=O) groups is 1. The summed E-state index contributed by atoms with van der Waals surface area (Å²) in [7, 11) is -5.07. The van der Waals surface area contributed by atoms with E-state index in [1.54, 1.807) is 0 Å². The molecule has 1 aliphatic heterocycles. The van der Waals surface area contributed by atoms with E-state index in [1.807, 2.05) is 0 Å². The van der Waals surface area contributed by atoms with Gasteiger partial charge in [0.15, 0.2) is 6.29 Å². The summed E-state index contributed by atoms with van der Waals surface area (Å²) in [5, 5.41) is 45.0. The van der Waals surface area contributed by atoms with Crippen molar-refractivity contribution in [2.45, 2.75) is 307 Å². The van der Waals surface area contributed by atoms with E-state index in [2.05, 4.69) is 23.3 Å². The Morgan fingerprint density at radius 3 is 1.25 bits per heavy atom. The molecule has 0 spiro atoms. The molecule has 6 N–H and O–H groups in total. The van der Waals surface area contributed by atoms with Gasteiger partial charge in [-0.25, -0.2) is 4.18 Å². The molecule has 64 heavy (non-hydrogen) atoms. The molecule has 382 valence electrons. The van der Waals surface area contributed by atoms with Crippen LogP contribution in [0.3, 0.4) is 0 Å². The number of hydrogen-bond donors (Lipinski definition) is 6. The average Bonchev–Trinajstić information content (AvgIpc) is 3.27. The van der Waals surface area contributed by atoms with Gasteiger partial charge in [0.05, 0.1) is 25.4 Å². The highest BCUT2D eigenvalue weighted by atomic mass is 32.3. The number of rotatable bonds is 47. The zero-order valence-corrected chi connectivity index (χ0v) is 41.9. The van der Waals surface area contributed by atoms with Crippen molar-refractivity contribution in [3.05, 3.63) is 0 Å². The van der Waals surface area contributed by atoms with E-state index in [-0.39, 0.29) is 12.5 Å². The van der Waals surface area contributed by atoms with E-state index in [4.69, 9.17) is 9.47 Å². The first-order chi connectivity index (χ1) is 31.0. The van der Waals surface area contributed by atoms with E-state index < -0.39 is 59.9 Å². The van der Waals surface area contributed by atoms with Gasteiger partial charge in [0, 0.05) is 6.42 Å². The van der Waals surface area contributed by atoms with Crippen molar-refractivity contribution < 1.29 is 51.8 Å². The Hall–Kier alpha value is -0.900. The van der Waals surface area contributed by atoms with Gasteiger partial charge in [0.25, 0.3) is 0 Å². The van der Waals surface area contributed by atoms with Crippen LogP contribution in [0.4, 0.5) is 0 Å². The molecule has 0 aromatic carbocycles. The number of aliphatic hydroxyl groups excluding tert-OH is 4. The molecule has 0 bridgehead atoms. The van der Waals surface area contributed by atoms with Crippen LogP contribution in [-0.4, -0.2) is 95.4 Å². The van der Waals surface area contributed by atoms with Crippen LogP contribution >= 0.6 is 0 Å². The van der Waals surface area contributed by atoms with E-state index in [0.29, 0.717) is 12.8 Å². The molecule has 13 heteroatoms. The summed E-state index contributed by atoms with van der Waals surface area (Å²) in [5.41, 5.74) is 0. The van der Waals surface area contributed by atoms with Gasteiger partial charge in [0.2, 0.25) is 5.91 Å². The number of ether oxygens (including phenoxy) is 2. The van der Waals surface area contributed by atoms with Crippen molar-refractivity contribution in [3.8, 4) is 0 Å². The number of carbonyl (C=O) groups excluding carboxylic acids is 1. The molecular formula is C51H101NO11S. The maximum absolute atomic E-state index is 13.1. The minimum absolute atomic E-state index is 0.224. The lowest BCUT2D eigenvalue weighted by molar-refractivity contribution is -0.298. The highest BCUT2D eigenvalue weighted by Crippen LogP contribution is 2.26. The quantitative estimate of drug-likeness (QED) is 0.0251. The lowest BCUT2D eigenvalue weighted by atomic mass is 9.99. The molecule has 0 aromatic rings. The van der Waals surface area contributed by atoms with Crippen LogP contribution in [0.25, 0.3) is 0 Å². The standard InChI is InChI=1S/C51H101NO11S/c1-3-5-7-9-11-13-15-17-19-21-22-23-25-26-28-30-32-34-36-38-40-45(54)44(43-61-51-49(57)50(63-64(58,59)60)48(56)46(42-53)62-51)52-47(55)41-39-37-35-33-31-29-27-24-20-18-16-14-12-10-8-6-4-2/h44-46,48-51,53-54,56-57H,3-43H2,1-2H3,(H,52,55)(H,58,59,60). The zero-order valence-electron chi connectivity index (χ0n) is 41.1. The molecule has 7 atom stereocenters. The summed E-state index contributed by atoms with van der Waals surface area (Å²) >= 11 is 0. The van der Waals surface area contributed by atoms with E-state index in [1.165, 1.54) is 186 Å². The second kappa shape index (κ2) is 42.2. The third-order valence-corrected chi connectivity index (χ3v) is 13.6. The maximum atomic E-state index is 13.1. The largest absolute Gasteiger partial charge is 0.397 e. The van der Waals surface area contributed by atoms with Crippen molar-refractivity contribution in [2.75, 3.05) is 13.2 Å². The van der Waals surface area contributed by atoms with Crippen molar-refractivity contribution >= 4 is 16.3 Å². The van der Waals surface area contributed by atoms with E-state index in [9.17, 15) is 38.2 Å². The summed E-state index contributed by atoms with van der Waals surface area (Å²) in [4.78, 5) is 13.1. The van der Waals surface area contributed by atoms with Gasteiger partial charge in [-0.05, 0) is 12.8 Å². The molecule has 0 radical (unpaired) electrons. The molecule has 0 aromatic heterocycles. The summed E-state index contributed by atoms with van der Waals surface area (Å²) in [5.74, 6) is -0.224. The summed E-state index contributed by atoms with van der Waals surface area (Å²) in [6, 6.07) is -0.852. The van der Waals surface area contributed by atoms with Gasteiger partial charge < -0.3 is 35.2 Å². The second-order valence-corrected chi connectivity index (χ2v) is 20.2. The van der Waals surface area contributed by atoms with Crippen LogP contribution in [0.5, 0.6) is 0 Å². The molecule has 1 saturated heterocycles. The molecule has 1 fully saturated rings. The summed E-state index contributed by atoms with van der Waals surface area (Å²) in [6.07, 6.45) is 38.1. The van der Waals surface area contributed by atoms with Crippen LogP contribution < -0.4 is 5.32 Å². The molecule has 0 saturated carbocycles. The van der Waals surface area contributed by atoms with Crippen LogP contribution in [0.1, 0.15) is 264 Å². The normalized spacial score (nSPS) is 20.1. The minimum Gasteiger partial charge on any atom is -0.394 e. The minimum atomic E-state index is -5.07. The Bertz CT molecular complexity index is 1150.